The number of likely N-dealkylation sites (N-methyl/N-ethyl adjacent to an activating group) is 1. The predicted octanol–water partition coefficient (Wildman–Crippen LogP) is 1.31. The quantitative estimate of drug-likeness (QED) is 0.730. The molecule has 1 aliphatic heterocycles. The lowest BCUT2D eigenvalue weighted by Gasteiger charge is -2.33. The molecule has 2 nitrogen and oxygen atoms in total. The Labute approximate surface area is 83.5 Å². The van der Waals surface area contributed by atoms with Gasteiger partial charge < -0.3 is 5.73 Å². The van der Waals surface area contributed by atoms with Crippen molar-refractivity contribution in [2.75, 3.05) is 20.1 Å². The summed E-state index contributed by atoms with van der Waals surface area (Å²) in [7, 11) is 1.99. The van der Waals surface area contributed by atoms with Crippen molar-refractivity contribution in [3.05, 3.63) is 35.1 Å². The number of nitrogens with zero attached hydrogens (tertiary/aromatic N) is 1. The van der Waals surface area contributed by atoms with Crippen LogP contribution in [-0.4, -0.2) is 25.0 Å². The summed E-state index contributed by atoms with van der Waals surface area (Å²) < 4.78 is 13.6. The van der Waals surface area contributed by atoms with Crippen molar-refractivity contribution in [2.24, 2.45) is 5.73 Å². The Hall–Kier alpha value is -0.930. The minimum Gasteiger partial charge on any atom is -0.329 e. The standard InChI is InChI=1S/C11H15FN2/c1-14-6-5-8-3-2-4-9(12)11(8)10(14)7-13/h2-4,10H,5-7,13H2,1H3. The van der Waals surface area contributed by atoms with E-state index in [0.717, 1.165) is 24.1 Å². The van der Waals surface area contributed by atoms with Crippen LogP contribution in [0, 0.1) is 5.82 Å². The van der Waals surface area contributed by atoms with Crippen molar-refractivity contribution in [3.8, 4) is 0 Å². The van der Waals surface area contributed by atoms with Crippen LogP contribution in [0.2, 0.25) is 0 Å². The van der Waals surface area contributed by atoms with E-state index in [2.05, 4.69) is 4.90 Å². The predicted molar refractivity (Wildman–Crippen MR) is 54.5 cm³/mol. The first-order valence-corrected chi connectivity index (χ1v) is 4.91. The van der Waals surface area contributed by atoms with Gasteiger partial charge in [-0.05, 0) is 25.1 Å². The summed E-state index contributed by atoms with van der Waals surface area (Å²) in [5.41, 5.74) is 7.57. The SMILES string of the molecule is CN1CCc2cccc(F)c2C1CN. The van der Waals surface area contributed by atoms with E-state index in [-0.39, 0.29) is 11.9 Å². The molecule has 0 saturated carbocycles. The summed E-state index contributed by atoms with van der Waals surface area (Å²) in [6.45, 7) is 1.43. The van der Waals surface area contributed by atoms with Crippen LogP contribution in [0.5, 0.6) is 0 Å². The summed E-state index contributed by atoms with van der Waals surface area (Å²) in [5.74, 6) is -0.121. The molecule has 1 aromatic carbocycles. The highest BCUT2D eigenvalue weighted by atomic mass is 19.1. The summed E-state index contributed by atoms with van der Waals surface area (Å²) in [6, 6.07) is 5.32. The van der Waals surface area contributed by atoms with Crippen molar-refractivity contribution >= 4 is 0 Å². The van der Waals surface area contributed by atoms with E-state index in [1.807, 2.05) is 13.1 Å². The number of benzene rings is 1. The largest absolute Gasteiger partial charge is 0.329 e. The van der Waals surface area contributed by atoms with Gasteiger partial charge >= 0.3 is 0 Å². The molecule has 76 valence electrons. The molecule has 0 saturated heterocycles. The number of hydrogen-bond acceptors (Lipinski definition) is 2. The highest BCUT2D eigenvalue weighted by Gasteiger charge is 2.25. The second kappa shape index (κ2) is 3.67. The van der Waals surface area contributed by atoms with Gasteiger partial charge in [-0.15, -0.1) is 0 Å². The van der Waals surface area contributed by atoms with E-state index in [1.54, 1.807) is 6.07 Å². The molecule has 1 aliphatic rings. The molecule has 2 N–H and O–H groups in total. The van der Waals surface area contributed by atoms with Crippen LogP contribution in [0.15, 0.2) is 18.2 Å². The average molecular weight is 194 g/mol. The molecule has 0 bridgehead atoms. The first kappa shape index (κ1) is 9.62. The monoisotopic (exact) mass is 194 g/mol. The Bertz CT molecular complexity index is 338. The zero-order chi connectivity index (χ0) is 10.1. The van der Waals surface area contributed by atoms with E-state index in [9.17, 15) is 4.39 Å². The second-order valence-electron chi connectivity index (χ2n) is 3.79. The minimum absolute atomic E-state index is 0.0416. The van der Waals surface area contributed by atoms with Gasteiger partial charge in [-0.1, -0.05) is 12.1 Å². The summed E-state index contributed by atoms with van der Waals surface area (Å²) >= 11 is 0. The van der Waals surface area contributed by atoms with E-state index >= 15 is 0 Å². The van der Waals surface area contributed by atoms with Crippen LogP contribution in [0.3, 0.4) is 0 Å². The molecule has 0 aromatic heterocycles. The molecule has 0 radical (unpaired) electrons. The lowest BCUT2D eigenvalue weighted by Crippen LogP contribution is -2.37. The Balaban J connectivity index is 2.49. The summed E-state index contributed by atoms with van der Waals surface area (Å²) in [5, 5.41) is 0. The Kier molecular flexibility index (Phi) is 2.52. The molecule has 0 amide bonds. The van der Waals surface area contributed by atoms with Gasteiger partial charge in [0, 0.05) is 24.7 Å². The van der Waals surface area contributed by atoms with Gasteiger partial charge in [-0.3, -0.25) is 4.90 Å². The van der Waals surface area contributed by atoms with Crippen LogP contribution in [0.25, 0.3) is 0 Å². The third kappa shape index (κ3) is 1.42. The Morgan fingerprint density at radius 2 is 2.36 bits per heavy atom. The van der Waals surface area contributed by atoms with Crippen LogP contribution in [0.1, 0.15) is 17.2 Å². The van der Waals surface area contributed by atoms with Gasteiger partial charge in [-0.25, -0.2) is 4.39 Å². The highest BCUT2D eigenvalue weighted by molar-refractivity contribution is 5.34. The van der Waals surface area contributed by atoms with Gasteiger partial charge in [-0.2, -0.15) is 0 Å². The number of rotatable bonds is 1. The second-order valence-corrected chi connectivity index (χ2v) is 3.79. The molecular formula is C11H15FN2. The third-order valence-electron chi connectivity index (χ3n) is 2.97. The van der Waals surface area contributed by atoms with E-state index in [4.69, 9.17) is 5.73 Å². The maximum Gasteiger partial charge on any atom is 0.128 e. The average Bonchev–Trinajstić information content (AvgIpc) is 2.19. The van der Waals surface area contributed by atoms with Crippen LogP contribution < -0.4 is 5.73 Å². The fraction of sp³-hybridized carbons (Fsp3) is 0.455. The normalized spacial score (nSPS) is 22.1. The summed E-state index contributed by atoms with van der Waals surface area (Å²) in [4.78, 5) is 2.12. The minimum atomic E-state index is -0.121. The van der Waals surface area contributed by atoms with E-state index in [0.29, 0.717) is 6.54 Å². The topological polar surface area (TPSA) is 29.3 Å². The number of fused-ring (bicyclic) bond motifs is 1. The van der Waals surface area contributed by atoms with Gasteiger partial charge in [0.1, 0.15) is 5.82 Å². The van der Waals surface area contributed by atoms with Gasteiger partial charge in [0.2, 0.25) is 0 Å². The fourth-order valence-electron chi connectivity index (χ4n) is 2.14. The van der Waals surface area contributed by atoms with Crippen molar-refractivity contribution < 1.29 is 4.39 Å². The Morgan fingerprint density at radius 1 is 1.57 bits per heavy atom. The molecule has 1 heterocycles. The molecule has 1 aromatic rings. The number of hydrogen-bond donors (Lipinski definition) is 1. The fourth-order valence-corrected chi connectivity index (χ4v) is 2.14. The molecule has 2 rings (SSSR count). The smallest absolute Gasteiger partial charge is 0.128 e. The highest BCUT2D eigenvalue weighted by Crippen LogP contribution is 2.29. The maximum absolute atomic E-state index is 13.6. The number of nitrogens with two attached hydrogens (primary N) is 1. The molecule has 14 heavy (non-hydrogen) atoms. The lowest BCUT2D eigenvalue weighted by atomic mass is 9.92. The summed E-state index contributed by atoms with van der Waals surface area (Å²) in [6.07, 6.45) is 0.917. The number of halogens is 1. The van der Waals surface area contributed by atoms with E-state index < -0.39 is 0 Å². The maximum atomic E-state index is 13.6. The molecule has 0 aliphatic carbocycles. The zero-order valence-corrected chi connectivity index (χ0v) is 8.33. The molecule has 0 spiro atoms. The van der Waals surface area contributed by atoms with Crippen LogP contribution >= 0.6 is 0 Å². The Morgan fingerprint density at radius 3 is 3.07 bits per heavy atom. The molecule has 3 heteroatoms. The van der Waals surface area contributed by atoms with Crippen molar-refractivity contribution in [1.82, 2.24) is 4.90 Å². The van der Waals surface area contributed by atoms with Crippen LogP contribution in [0.4, 0.5) is 4.39 Å². The van der Waals surface area contributed by atoms with Gasteiger partial charge in [0.05, 0.1) is 0 Å². The van der Waals surface area contributed by atoms with Crippen molar-refractivity contribution in [3.63, 3.8) is 0 Å². The third-order valence-corrected chi connectivity index (χ3v) is 2.97. The van der Waals surface area contributed by atoms with Crippen molar-refractivity contribution in [2.45, 2.75) is 12.5 Å². The lowest BCUT2D eigenvalue weighted by molar-refractivity contribution is 0.230. The first-order chi connectivity index (χ1) is 6.74. The first-order valence-electron chi connectivity index (χ1n) is 4.91. The molecular weight excluding hydrogens is 179 g/mol. The van der Waals surface area contributed by atoms with Crippen molar-refractivity contribution in [1.29, 1.82) is 0 Å². The molecule has 1 unspecified atom stereocenters. The zero-order valence-electron chi connectivity index (χ0n) is 8.33. The molecule has 1 atom stereocenters. The van der Waals surface area contributed by atoms with Gasteiger partial charge in [0.15, 0.2) is 0 Å². The van der Waals surface area contributed by atoms with Gasteiger partial charge in [0.25, 0.3) is 0 Å². The van der Waals surface area contributed by atoms with Crippen LogP contribution in [-0.2, 0) is 6.42 Å². The molecule has 0 fully saturated rings. The van der Waals surface area contributed by atoms with E-state index in [1.165, 1.54) is 6.07 Å².